The van der Waals surface area contributed by atoms with Crippen molar-refractivity contribution in [2.24, 2.45) is 0 Å². The number of hydrogen-bond acceptors (Lipinski definition) is 6. The van der Waals surface area contributed by atoms with E-state index in [1.807, 2.05) is 0 Å². The van der Waals surface area contributed by atoms with Gasteiger partial charge in [-0.25, -0.2) is 9.97 Å². The van der Waals surface area contributed by atoms with Crippen LogP contribution >= 0.6 is 0 Å². The summed E-state index contributed by atoms with van der Waals surface area (Å²) in [4.78, 5) is 20.4. The van der Waals surface area contributed by atoms with Gasteiger partial charge in [-0.15, -0.1) is 0 Å². The van der Waals surface area contributed by atoms with Crippen molar-refractivity contribution in [3.05, 3.63) is 22.5 Å². The molecule has 0 spiro atoms. The average molecular weight is 265 g/mol. The molecule has 1 fully saturated rings. The summed E-state index contributed by atoms with van der Waals surface area (Å²) < 4.78 is 0. The molecule has 2 rings (SSSR count). The number of nitrogens with zero attached hydrogens (tertiary/aromatic N) is 4. The zero-order chi connectivity index (χ0) is 13.8. The predicted octanol–water partition coefficient (Wildman–Crippen LogP) is 1.67. The molecule has 1 aromatic heterocycles. The van der Waals surface area contributed by atoms with Crippen LogP contribution in [0.5, 0.6) is 0 Å². The molecule has 104 valence electrons. The highest BCUT2D eigenvalue weighted by atomic mass is 16.6. The Morgan fingerprint density at radius 1 is 1.37 bits per heavy atom. The third-order valence-electron chi connectivity index (χ3n) is 3.44. The summed E-state index contributed by atoms with van der Waals surface area (Å²) >= 11 is 0. The van der Waals surface area contributed by atoms with E-state index in [1.54, 1.807) is 0 Å². The monoisotopic (exact) mass is 265 g/mol. The lowest BCUT2D eigenvalue weighted by atomic mass is 10.0. The molecule has 1 aromatic rings. The van der Waals surface area contributed by atoms with Crippen LogP contribution in [0.4, 0.5) is 11.6 Å². The van der Waals surface area contributed by atoms with E-state index in [1.165, 1.54) is 12.4 Å². The minimum Gasteiger partial charge on any atom is -0.351 e. The molecule has 0 unspecified atom stereocenters. The summed E-state index contributed by atoms with van der Waals surface area (Å²) in [7, 11) is 0. The van der Waals surface area contributed by atoms with E-state index in [0.29, 0.717) is 18.0 Å². The highest BCUT2D eigenvalue weighted by Gasteiger charge is 2.21. The molecule has 0 aromatic carbocycles. The van der Waals surface area contributed by atoms with Gasteiger partial charge in [-0.05, 0) is 26.7 Å². The van der Waals surface area contributed by atoms with Crippen LogP contribution in [0.3, 0.4) is 0 Å². The summed E-state index contributed by atoms with van der Waals surface area (Å²) in [5.74, 6) is 0.466. The summed E-state index contributed by atoms with van der Waals surface area (Å²) in [5.41, 5.74) is -0.0832. The van der Waals surface area contributed by atoms with Crippen LogP contribution in [0.2, 0.25) is 0 Å². The van der Waals surface area contributed by atoms with Crippen LogP contribution in [0.1, 0.15) is 26.7 Å². The molecule has 0 bridgehead atoms. The smallest absolute Gasteiger partial charge is 0.305 e. The third-order valence-corrected chi connectivity index (χ3v) is 3.44. The zero-order valence-electron chi connectivity index (χ0n) is 11.2. The van der Waals surface area contributed by atoms with E-state index < -0.39 is 4.92 Å². The van der Waals surface area contributed by atoms with E-state index in [9.17, 15) is 10.1 Å². The molecule has 7 heteroatoms. The van der Waals surface area contributed by atoms with E-state index in [4.69, 9.17) is 0 Å². The van der Waals surface area contributed by atoms with Crippen LogP contribution in [-0.2, 0) is 0 Å². The first-order valence-electron chi connectivity index (χ1n) is 6.53. The first-order chi connectivity index (χ1) is 9.06. The highest BCUT2D eigenvalue weighted by Crippen LogP contribution is 2.16. The Kier molecular flexibility index (Phi) is 4.26. The molecular weight excluding hydrogens is 246 g/mol. The number of nitro groups is 1. The van der Waals surface area contributed by atoms with Crippen molar-refractivity contribution in [3.63, 3.8) is 0 Å². The first kappa shape index (κ1) is 13.7. The van der Waals surface area contributed by atoms with Crippen molar-refractivity contribution in [2.75, 3.05) is 18.4 Å². The SMILES string of the molecule is CC(C)N1CCC(Nc2ncc([N+](=O)[O-])cn2)CC1. The van der Waals surface area contributed by atoms with Crippen LogP contribution in [0.25, 0.3) is 0 Å². The molecule has 19 heavy (non-hydrogen) atoms. The second-order valence-corrected chi connectivity index (χ2v) is 5.07. The standard InChI is InChI=1S/C12H19N5O2/c1-9(2)16-5-3-10(4-6-16)15-12-13-7-11(8-14-12)17(18)19/h7-10H,3-6H2,1-2H3,(H,13,14,15). The van der Waals surface area contributed by atoms with Gasteiger partial charge < -0.3 is 10.2 Å². The molecule has 0 atom stereocenters. The molecule has 7 nitrogen and oxygen atoms in total. The van der Waals surface area contributed by atoms with E-state index in [2.05, 4.69) is 34.0 Å². The van der Waals surface area contributed by atoms with Crippen molar-refractivity contribution in [2.45, 2.75) is 38.8 Å². The maximum atomic E-state index is 10.5. The number of rotatable bonds is 4. The van der Waals surface area contributed by atoms with Gasteiger partial charge in [0.2, 0.25) is 5.95 Å². The Morgan fingerprint density at radius 2 is 1.95 bits per heavy atom. The fourth-order valence-electron chi connectivity index (χ4n) is 2.23. The first-order valence-corrected chi connectivity index (χ1v) is 6.53. The van der Waals surface area contributed by atoms with Gasteiger partial charge in [-0.3, -0.25) is 10.1 Å². The Morgan fingerprint density at radius 3 is 2.42 bits per heavy atom. The van der Waals surface area contributed by atoms with E-state index in [0.717, 1.165) is 25.9 Å². The van der Waals surface area contributed by atoms with Gasteiger partial charge in [0.05, 0.1) is 4.92 Å². The Labute approximate surface area is 112 Å². The van der Waals surface area contributed by atoms with Crippen molar-refractivity contribution < 1.29 is 4.92 Å². The number of piperidine rings is 1. The van der Waals surface area contributed by atoms with Gasteiger partial charge in [0.25, 0.3) is 0 Å². The van der Waals surface area contributed by atoms with Gasteiger partial charge >= 0.3 is 5.69 Å². The van der Waals surface area contributed by atoms with Crippen LogP contribution in [-0.4, -0.2) is 45.0 Å². The lowest BCUT2D eigenvalue weighted by molar-refractivity contribution is -0.385. The third kappa shape index (κ3) is 3.60. The van der Waals surface area contributed by atoms with Crippen LogP contribution < -0.4 is 5.32 Å². The lowest BCUT2D eigenvalue weighted by Crippen LogP contribution is -2.42. The highest BCUT2D eigenvalue weighted by molar-refractivity contribution is 5.31. The molecule has 1 aliphatic heterocycles. The maximum Gasteiger partial charge on any atom is 0.305 e. The second kappa shape index (κ2) is 5.92. The lowest BCUT2D eigenvalue weighted by Gasteiger charge is -2.34. The number of likely N-dealkylation sites (tertiary alicyclic amines) is 1. The average Bonchev–Trinajstić information content (AvgIpc) is 2.40. The number of hydrogen-bond donors (Lipinski definition) is 1. The van der Waals surface area contributed by atoms with E-state index in [-0.39, 0.29) is 5.69 Å². The molecule has 1 aliphatic rings. The topological polar surface area (TPSA) is 84.2 Å². The minimum atomic E-state index is -0.495. The van der Waals surface area contributed by atoms with Crippen LogP contribution in [0, 0.1) is 10.1 Å². The molecule has 2 heterocycles. The molecule has 1 saturated heterocycles. The van der Waals surface area contributed by atoms with Crippen molar-refractivity contribution in [1.82, 2.24) is 14.9 Å². The predicted molar refractivity (Wildman–Crippen MR) is 72.0 cm³/mol. The van der Waals surface area contributed by atoms with Crippen LogP contribution in [0.15, 0.2) is 12.4 Å². The van der Waals surface area contributed by atoms with E-state index >= 15 is 0 Å². The Hall–Kier alpha value is -1.76. The minimum absolute atomic E-state index is 0.0832. The summed E-state index contributed by atoms with van der Waals surface area (Å²) in [5, 5.41) is 13.7. The van der Waals surface area contributed by atoms with Crippen molar-refractivity contribution in [1.29, 1.82) is 0 Å². The largest absolute Gasteiger partial charge is 0.351 e. The molecule has 0 aliphatic carbocycles. The Bertz CT molecular complexity index is 426. The molecule has 0 amide bonds. The second-order valence-electron chi connectivity index (χ2n) is 5.07. The number of nitrogens with one attached hydrogen (secondary N) is 1. The fraction of sp³-hybridized carbons (Fsp3) is 0.667. The van der Waals surface area contributed by atoms with Crippen molar-refractivity contribution >= 4 is 11.6 Å². The maximum absolute atomic E-state index is 10.5. The zero-order valence-corrected chi connectivity index (χ0v) is 11.2. The Balaban J connectivity index is 1.87. The van der Waals surface area contributed by atoms with Gasteiger partial charge in [-0.2, -0.15) is 0 Å². The molecule has 0 saturated carbocycles. The fourth-order valence-corrected chi connectivity index (χ4v) is 2.23. The normalized spacial score (nSPS) is 17.6. The summed E-state index contributed by atoms with van der Waals surface area (Å²) in [6, 6.07) is 0.924. The van der Waals surface area contributed by atoms with Gasteiger partial charge in [0, 0.05) is 25.2 Å². The van der Waals surface area contributed by atoms with Gasteiger partial charge in [-0.1, -0.05) is 0 Å². The summed E-state index contributed by atoms with van der Waals surface area (Å²) in [6.45, 7) is 6.52. The van der Waals surface area contributed by atoms with Crippen molar-refractivity contribution in [3.8, 4) is 0 Å². The number of anilines is 1. The molecule has 1 N–H and O–H groups in total. The quantitative estimate of drug-likeness (QED) is 0.658. The van der Waals surface area contributed by atoms with Gasteiger partial charge in [0.1, 0.15) is 12.4 Å². The number of aromatic nitrogens is 2. The van der Waals surface area contributed by atoms with Gasteiger partial charge in [0.15, 0.2) is 0 Å². The molecular formula is C12H19N5O2. The molecule has 0 radical (unpaired) electrons. The summed E-state index contributed by atoms with van der Waals surface area (Å²) in [6.07, 6.45) is 4.55.